The summed E-state index contributed by atoms with van der Waals surface area (Å²) in [7, 11) is 1.77. The van der Waals surface area contributed by atoms with Gasteiger partial charge in [-0.05, 0) is 35.9 Å². The Labute approximate surface area is 120 Å². The molecule has 1 aliphatic carbocycles. The van der Waals surface area contributed by atoms with Gasteiger partial charge in [-0.25, -0.2) is 0 Å². The van der Waals surface area contributed by atoms with Crippen LogP contribution in [0.4, 0.5) is 11.9 Å². The van der Waals surface area contributed by atoms with Crippen LogP contribution in [0.5, 0.6) is 0 Å². The molecule has 2 aromatic heterocycles. The normalized spacial score (nSPS) is 14.4. The molecule has 0 radical (unpaired) electrons. The van der Waals surface area contributed by atoms with E-state index in [1.165, 1.54) is 17.7 Å². The van der Waals surface area contributed by atoms with Crippen LogP contribution in [0, 0.1) is 0 Å². The molecule has 0 aromatic carbocycles. The molecule has 2 aromatic rings. The molecule has 3 rings (SSSR count). The predicted octanol–water partition coefficient (Wildman–Crippen LogP) is 2.80. The molecule has 0 unspecified atom stereocenters. The summed E-state index contributed by atoms with van der Waals surface area (Å²) in [6.45, 7) is 0.825. The minimum absolute atomic E-state index is 0.228. The lowest BCUT2D eigenvalue weighted by Gasteiger charge is -2.21. The van der Waals surface area contributed by atoms with Gasteiger partial charge in [0.2, 0.25) is 17.2 Å². The quantitative estimate of drug-likeness (QED) is 0.919. The van der Waals surface area contributed by atoms with Crippen LogP contribution >= 0.6 is 22.9 Å². The van der Waals surface area contributed by atoms with Crippen molar-refractivity contribution in [2.24, 2.45) is 0 Å². The number of hydrogen-bond donors (Lipinski definition) is 1. The van der Waals surface area contributed by atoms with E-state index >= 15 is 0 Å². The molecule has 0 spiro atoms. The summed E-state index contributed by atoms with van der Waals surface area (Å²) >= 11 is 7.70. The van der Waals surface area contributed by atoms with Gasteiger partial charge in [-0.15, -0.1) is 11.3 Å². The fraction of sp³-hybridized carbons (Fsp3) is 0.417. The number of nitrogens with one attached hydrogen (secondary N) is 1. The molecule has 0 saturated heterocycles. The fourth-order valence-electron chi connectivity index (χ4n) is 1.90. The van der Waals surface area contributed by atoms with Gasteiger partial charge in [0.25, 0.3) is 0 Å². The summed E-state index contributed by atoms with van der Waals surface area (Å²) in [5.74, 6) is 1.16. The zero-order chi connectivity index (χ0) is 13.2. The molecule has 19 heavy (non-hydrogen) atoms. The van der Waals surface area contributed by atoms with Crippen LogP contribution in [-0.4, -0.2) is 28.0 Å². The van der Waals surface area contributed by atoms with Crippen molar-refractivity contribution in [2.75, 3.05) is 17.3 Å². The molecule has 1 saturated carbocycles. The fourth-order valence-corrected chi connectivity index (χ4v) is 2.76. The average molecular weight is 296 g/mol. The minimum Gasteiger partial charge on any atom is -0.357 e. The molecular weight excluding hydrogens is 282 g/mol. The van der Waals surface area contributed by atoms with Crippen molar-refractivity contribution >= 4 is 34.8 Å². The minimum atomic E-state index is 0.228. The maximum atomic E-state index is 5.95. The molecule has 0 atom stereocenters. The molecule has 7 heteroatoms. The lowest BCUT2D eigenvalue weighted by atomic mass is 10.4. The van der Waals surface area contributed by atoms with Crippen molar-refractivity contribution in [3.05, 3.63) is 27.7 Å². The van der Waals surface area contributed by atoms with Crippen molar-refractivity contribution < 1.29 is 0 Å². The highest BCUT2D eigenvalue weighted by molar-refractivity contribution is 7.09. The highest BCUT2D eigenvalue weighted by Gasteiger charge is 2.31. The molecule has 0 aliphatic heterocycles. The monoisotopic (exact) mass is 295 g/mol. The van der Waals surface area contributed by atoms with E-state index in [0.717, 1.165) is 6.54 Å². The van der Waals surface area contributed by atoms with Crippen LogP contribution < -0.4 is 10.2 Å². The highest BCUT2D eigenvalue weighted by Crippen LogP contribution is 2.32. The van der Waals surface area contributed by atoms with E-state index < -0.39 is 0 Å². The van der Waals surface area contributed by atoms with Gasteiger partial charge in [-0.2, -0.15) is 15.0 Å². The number of rotatable bonds is 5. The third kappa shape index (κ3) is 2.96. The average Bonchev–Trinajstić information content (AvgIpc) is 3.12. The summed E-state index contributed by atoms with van der Waals surface area (Å²) in [5, 5.41) is 5.22. The Bertz CT molecular complexity index is 555. The first-order valence-corrected chi connectivity index (χ1v) is 7.40. The second-order valence-corrected chi connectivity index (χ2v) is 5.79. The van der Waals surface area contributed by atoms with E-state index in [4.69, 9.17) is 11.6 Å². The predicted molar refractivity (Wildman–Crippen MR) is 77.9 cm³/mol. The molecule has 2 heterocycles. The van der Waals surface area contributed by atoms with Crippen LogP contribution in [0.1, 0.15) is 17.7 Å². The molecule has 1 fully saturated rings. The zero-order valence-electron chi connectivity index (χ0n) is 10.5. The summed E-state index contributed by atoms with van der Waals surface area (Å²) < 4.78 is 0. The van der Waals surface area contributed by atoms with Crippen LogP contribution in [0.25, 0.3) is 0 Å². The number of nitrogens with zero attached hydrogens (tertiary/aromatic N) is 4. The maximum absolute atomic E-state index is 5.95. The third-order valence-corrected chi connectivity index (χ3v) is 4.00. The molecular formula is C12H14ClN5S. The van der Waals surface area contributed by atoms with E-state index in [1.807, 2.05) is 0 Å². The number of hydrogen-bond acceptors (Lipinski definition) is 6. The van der Waals surface area contributed by atoms with Gasteiger partial charge in [0.15, 0.2) is 0 Å². The largest absolute Gasteiger partial charge is 0.357 e. The van der Waals surface area contributed by atoms with E-state index in [9.17, 15) is 0 Å². The Balaban J connectivity index is 1.89. The summed E-state index contributed by atoms with van der Waals surface area (Å²) in [6.07, 6.45) is 2.37. The lowest BCUT2D eigenvalue weighted by molar-refractivity contribution is 0.761. The highest BCUT2D eigenvalue weighted by atomic mass is 35.5. The molecule has 100 valence electrons. The van der Waals surface area contributed by atoms with Gasteiger partial charge >= 0.3 is 0 Å². The van der Waals surface area contributed by atoms with Crippen molar-refractivity contribution in [1.82, 2.24) is 15.0 Å². The number of anilines is 2. The van der Waals surface area contributed by atoms with Crippen molar-refractivity contribution in [3.63, 3.8) is 0 Å². The van der Waals surface area contributed by atoms with Gasteiger partial charge in [-0.1, -0.05) is 6.07 Å². The molecule has 0 amide bonds. The molecule has 1 N–H and O–H groups in total. The number of halogens is 1. The van der Waals surface area contributed by atoms with Crippen molar-refractivity contribution in [3.8, 4) is 0 Å². The standard InChI is InChI=1S/C12H14ClN5S/c1-14-11-15-10(13)16-12(17-11)18(8-4-5-8)7-9-3-2-6-19-9/h2-3,6,8H,4-5,7H2,1H3,(H,14,15,16,17). The van der Waals surface area contributed by atoms with Crippen molar-refractivity contribution in [2.45, 2.75) is 25.4 Å². The van der Waals surface area contributed by atoms with Crippen molar-refractivity contribution in [1.29, 1.82) is 0 Å². The Kier molecular flexibility index (Phi) is 3.52. The molecule has 5 nitrogen and oxygen atoms in total. The van der Waals surface area contributed by atoms with Gasteiger partial charge in [0, 0.05) is 18.0 Å². The van der Waals surface area contributed by atoms with Crippen LogP contribution in [0.3, 0.4) is 0 Å². The van der Waals surface area contributed by atoms with Gasteiger partial charge in [0.1, 0.15) is 0 Å². The Morgan fingerprint density at radius 2 is 2.26 bits per heavy atom. The van der Waals surface area contributed by atoms with E-state index in [1.54, 1.807) is 18.4 Å². The zero-order valence-corrected chi connectivity index (χ0v) is 12.1. The van der Waals surface area contributed by atoms with E-state index in [0.29, 0.717) is 17.9 Å². The summed E-state index contributed by atoms with van der Waals surface area (Å²) in [4.78, 5) is 16.2. The Morgan fingerprint density at radius 3 is 2.89 bits per heavy atom. The first-order chi connectivity index (χ1) is 9.26. The SMILES string of the molecule is CNc1nc(Cl)nc(N(Cc2cccs2)C2CC2)n1. The first-order valence-electron chi connectivity index (χ1n) is 6.14. The Morgan fingerprint density at radius 1 is 1.42 bits per heavy atom. The third-order valence-electron chi connectivity index (χ3n) is 2.97. The molecule has 0 bridgehead atoms. The van der Waals surface area contributed by atoms with Gasteiger partial charge in [-0.3, -0.25) is 0 Å². The maximum Gasteiger partial charge on any atom is 0.232 e. The second kappa shape index (κ2) is 5.30. The van der Waals surface area contributed by atoms with Gasteiger partial charge < -0.3 is 10.2 Å². The summed E-state index contributed by atoms with van der Waals surface area (Å²) in [6, 6.07) is 4.71. The van der Waals surface area contributed by atoms with Crippen LogP contribution in [0.2, 0.25) is 5.28 Å². The Hall–Kier alpha value is -1.40. The van der Waals surface area contributed by atoms with E-state index in [-0.39, 0.29) is 5.28 Å². The topological polar surface area (TPSA) is 53.9 Å². The number of aromatic nitrogens is 3. The number of thiophene rings is 1. The smallest absolute Gasteiger partial charge is 0.232 e. The first kappa shape index (κ1) is 12.6. The van der Waals surface area contributed by atoms with Crippen LogP contribution in [0.15, 0.2) is 17.5 Å². The molecule has 1 aliphatic rings. The van der Waals surface area contributed by atoms with E-state index in [2.05, 4.69) is 42.7 Å². The summed E-state index contributed by atoms with van der Waals surface area (Å²) in [5.41, 5.74) is 0. The van der Waals surface area contributed by atoms with Gasteiger partial charge in [0.05, 0.1) is 6.54 Å². The second-order valence-electron chi connectivity index (χ2n) is 4.42. The lowest BCUT2D eigenvalue weighted by Crippen LogP contribution is -2.27. The van der Waals surface area contributed by atoms with Crippen LogP contribution in [-0.2, 0) is 6.54 Å².